The summed E-state index contributed by atoms with van der Waals surface area (Å²) in [5.74, 6) is -0.502. The summed E-state index contributed by atoms with van der Waals surface area (Å²) < 4.78 is 55.5. The first-order chi connectivity index (χ1) is 15.3. The SMILES string of the molecule is O=C(CO/N=C/c1ccc(OC(F)F)cc1)Nc1cccc(S(=O)(=O)N2CCCCC2)c1. The maximum atomic E-state index is 12.8. The zero-order valence-electron chi connectivity index (χ0n) is 17.1. The van der Waals surface area contributed by atoms with Crippen LogP contribution in [0, 0.1) is 0 Å². The number of carbonyl (C=O) groups is 1. The smallest absolute Gasteiger partial charge is 0.387 e. The Bertz CT molecular complexity index is 1040. The molecule has 1 saturated heterocycles. The molecule has 8 nitrogen and oxygen atoms in total. The van der Waals surface area contributed by atoms with Crippen LogP contribution in [0.15, 0.2) is 58.6 Å². The van der Waals surface area contributed by atoms with Gasteiger partial charge in [-0.05, 0) is 60.9 Å². The van der Waals surface area contributed by atoms with Crippen molar-refractivity contribution in [2.75, 3.05) is 25.0 Å². The molecule has 0 spiro atoms. The summed E-state index contributed by atoms with van der Waals surface area (Å²) in [6.07, 6.45) is 4.00. The molecule has 1 aliphatic rings. The van der Waals surface area contributed by atoms with E-state index in [0.717, 1.165) is 19.3 Å². The van der Waals surface area contributed by atoms with Gasteiger partial charge in [0.25, 0.3) is 5.91 Å². The third kappa shape index (κ3) is 6.72. The number of sulfonamides is 1. The molecule has 2 aromatic rings. The molecule has 0 unspecified atom stereocenters. The van der Waals surface area contributed by atoms with Crippen LogP contribution in [0.4, 0.5) is 14.5 Å². The molecule has 1 N–H and O–H groups in total. The number of hydrogen-bond donors (Lipinski definition) is 1. The number of carbonyl (C=O) groups excluding carboxylic acids is 1. The van der Waals surface area contributed by atoms with E-state index in [0.29, 0.717) is 24.3 Å². The molecule has 172 valence electrons. The summed E-state index contributed by atoms with van der Waals surface area (Å²) in [7, 11) is -3.61. The van der Waals surface area contributed by atoms with Crippen molar-refractivity contribution in [2.45, 2.75) is 30.8 Å². The topological polar surface area (TPSA) is 97.3 Å². The molecule has 0 atom stereocenters. The number of halogens is 2. The lowest BCUT2D eigenvalue weighted by atomic mass is 10.2. The zero-order valence-corrected chi connectivity index (χ0v) is 17.9. The number of nitrogens with zero attached hydrogens (tertiary/aromatic N) is 2. The van der Waals surface area contributed by atoms with Crippen molar-refractivity contribution in [1.29, 1.82) is 0 Å². The molecule has 1 fully saturated rings. The monoisotopic (exact) mass is 467 g/mol. The Morgan fingerprint density at radius 2 is 1.84 bits per heavy atom. The third-order valence-corrected chi connectivity index (χ3v) is 6.54. The lowest BCUT2D eigenvalue weighted by Crippen LogP contribution is -2.35. The number of hydrogen-bond acceptors (Lipinski definition) is 6. The Balaban J connectivity index is 1.51. The molecular formula is C21H23F2N3O5S. The summed E-state index contributed by atoms with van der Waals surface area (Å²) in [5, 5.41) is 6.23. The average Bonchev–Trinajstić information content (AvgIpc) is 2.78. The first-order valence-electron chi connectivity index (χ1n) is 9.95. The van der Waals surface area contributed by atoms with E-state index >= 15 is 0 Å². The zero-order chi connectivity index (χ0) is 23.0. The molecule has 1 aliphatic heterocycles. The van der Waals surface area contributed by atoms with E-state index in [-0.39, 0.29) is 10.6 Å². The van der Waals surface area contributed by atoms with Crippen LogP contribution in [0.3, 0.4) is 0 Å². The number of amides is 1. The molecule has 32 heavy (non-hydrogen) atoms. The minimum absolute atomic E-state index is 0.0157. The average molecular weight is 467 g/mol. The van der Waals surface area contributed by atoms with Crippen molar-refractivity contribution < 1.29 is 31.6 Å². The van der Waals surface area contributed by atoms with Gasteiger partial charge in [-0.25, -0.2) is 8.42 Å². The number of nitrogens with one attached hydrogen (secondary N) is 1. The van der Waals surface area contributed by atoms with Crippen molar-refractivity contribution >= 4 is 27.8 Å². The van der Waals surface area contributed by atoms with Crippen LogP contribution >= 0.6 is 0 Å². The van der Waals surface area contributed by atoms with Gasteiger partial charge in [-0.2, -0.15) is 13.1 Å². The molecule has 2 aromatic carbocycles. The van der Waals surface area contributed by atoms with Gasteiger partial charge in [0, 0.05) is 18.8 Å². The second kappa shape index (κ2) is 11.0. The van der Waals surface area contributed by atoms with E-state index < -0.39 is 29.1 Å². The quantitative estimate of drug-likeness (QED) is 0.450. The standard InChI is InChI=1S/C21H23F2N3O5S/c22-21(23)31-18-9-7-16(8-10-18)14-24-30-15-20(27)25-17-5-4-6-19(13-17)32(28,29)26-11-2-1-3-12-26/h4-10,13-14,21H,1-3,11-12,15H2,(H,25,27)/b24-14+. The van der Waals surface area contributed by atoms with Gasteiger partial charge >= 0.3 is 6.61 Å². The van der Waals surface area contributed by atoms with Crippen molar-refractivity contribution in [3.8, 4) is 5.75 Å². The Morgan fingerprint density at radius 1 is 1.12 bits per heavy atom. The molecule has 1 heterocycles. The number of anilines is 1. The van der Waals surface area contributed by atoms with Crippen molar-refractivity contribution in [3.63, 3.8) is 0 Å². The van der Waals surface area contributed by atoms with E-state index in [4.69, 9.17) is 4.84 Å². The molecule has 3 rings (SSSR count). The number of rotatable bonds is 9. The molecule has 0 radical (unpaired) electrons. The first-order valence-corrected chi connectivity index (χ1v) is 11.4. The van der Waals surface area contributed by atoms with E-state index in [2.05, 4.69) is 15.2 Å². The molecule has 11 heteroatoms. The molecule has 0 bridgehead atoms. The minimum Gasteiger partial charge on any atom is -0.435 e. The molecule has 1 amide bonds. The fraction of sp³-hybridized carbons (Fsp3) is 0.333. The van der Waals surface area contributed by atoms with Crippen molar-refractivity contribution in [3.05, 3.63) is 54.1 Å². The first kappa shape index (κ1) is 23.6. The number of alkyl halides is 2. The second-order valence-corrected chi connectivity index (χ2v) is 8.93. The Kier molecular flexibility index (Phi) is 8.12. The summed E-state index contributed by atoms with van der Waals surface area (Å²) in [4.78, 5) is 17.1. The van der Waals surface area contributed by atoms with Gasteiger partial charge in [-0.3, -0.25) is 4.79 Å². The highest BCUT2D eigenvalue weighted by Crippen LogP contribution is 2.23. The Hall–Kier alpha value is -3.05. The van der Waals surface area contributed by atoms with Crippen LogP contribution in [0.1, 0.15) is 24.8 Å². The molecular weight excluding hydrogens is 444 g/mol. The van der Waals surface area contributed by atoms with Crippen LogP contribution in [-0.2, 0) is 19.7 Å². The van der Waals surface area contributed by atoms with Gasteiger partial charge < -0.3 is 14.9 Å². The third-order valence-electron chi connectivity index (χ3n) is 4.65. The number of oxime groups is 1. The van der Waals surface area contributed by atoms with Crippen LogP contribution in [0.2, 0.25) is 0 Å². The van der Waals surface area contributed by atoms with Gasteiger partial charge in [0.1, 0.15) is 5.75 Å². The van der Waals surface area contributed by atoms with Crippen molar-refractivity contribution in [1.82, 2.24) is 4.31 Å². The fourth-order valence-corrected chi connectivity index (χ4v) is 4.68. The largest absolute Gasteiger partial charge is 0.435 e. The van der Waals surface area contributed by atoms with Crippen LogP contribution < -0.4 is 10.1 Å². The molecule has 0 saturated carbocycles. The summed E-state index contributed by atoms with van der Waals surface area (Å²) >= 11 is 0. The van der Waals surface area contributed by atoms with Crippen LogP contribution in [0.5, 0.6) is 5.75 Å². The van der Waals surface area contributed by atoms with Gasteiger partial charge in [0.15, 0.2) is 6.61 Å². The van der Waals surface area contributed by atoms with Gasteiger partial charge in [-0.1, -0.05) is 17.6 Å². The Morgan fingerprint density at radius 3 is 2.53 bits per heavy atom. The van der Waals surface area contributed by atoms with E-state index in [1.54, 1.807) is 12.1 Å². The number of ether oxygens (including phenoxy) is 1. The minimum atomic E-state index is -3.61. The van der Waals surface area contributed by atoms with E-state index in [1.165, 1.54) is 46.9 Å². The Labute approximate surface area is 184 Å². The second-order valence-electron chi connectivity index (χ2n) is 7.00. The summed E-state index contributed by atoms with van der Waals surface area (Å²) in [6.45, 7) is -2.31. The summed E-state index contributed by atoms with van der Waals surface area (Å²) in [6, 6.07) is 11.8. The highest BCUT2D eigenvalue weighted by molar-refractivity contribution is 7.89. The van der Waals surface area contributed by atoms with Gasteiger partial charge in [-0.15, -0.1) is 0 Å². The summed E-state index contributed by atoms with van der Waals surface area (Å²) in [5.41, 5.74) is 0.887. The van der Waals surface area contributed by atoms with E-state index in [9.17, 15) is 22.0 Å². The molecule has 0 aliphatic carbocycles. The van der Waals surface area contributed by atoms with Crippen molar-refractivity contribution in [2.24, 2.45) is 5.16 Å². The number of piperidine rings is 1. The highest BCUT2D eigenvalue weighted by atomic mass is 32.2. The van der Waals surface area contributed by atoms with E-state index in [1.807, 2.05) is 0 Å². The lowest BCUT2D eigenvalue weighted by molar-refractivity contribution is -0.120. The predicted molar refractivity (Wildman–Crippen MR) is 114 cm³/mol. The van der Waals surface area contributed by atoms with Crippen LogP contribution in [-0.4, -0.2) is 51.2 Å². The maximum absolute atomic E-state index is 12.8. The van der Waals surface area contributed by atoms with Crippen LogP contribution in [0.25, 0.3) is 0 Å². The number of benzene rings is 2. The fourth-order valence-electron chi connectivity index (χ4n) is 3.12. The normalized spacial score (nSPS) is 15.1. The maximum Gasteiger partial charge on any atom is 0.387 e. The van der Waals surface area contributed by atoms with Gasteiger partial charge in [0.05, 0.1) is 11.1 Å². The lowest BCUT2D eigenvalue weighted by Gasteiger charge is -2.26. The van der Waals surface area contributed by atoms with Gasteiger partial charge in [0.2, 0.25) is 10.0 Å². The predicted octanol–water partition coefficient (Wildman–Crippen LogP) is 3.45. The highest BCUT2D eigenvalue weighted by Gasteiger charge is 2.26. The molecule has 0 aromatic heterocycles.